The minimum Gasteiger partial charge on any atom is -0.335 e. The van der Waals surface area contributed by atoms with Crippen LogP contribution in [0.3, 0.4) is 0 Å². The molecule has 8 heteroatoms. The number of carbonyl (C=O) groups excluding carboxylic acids is 1. The highest BCUT2D eigenvalue weighted by Gasteiger charge is 2.10. The van der Waals surface area contributed by atoms with Crippen molar-refractivity contribution in [1.29, 1.82) is 0 Å². The molecule has 1 aromatic heterocycles. The van der Waals surface area contributed by atoms with Gasteiger partial charge in [-0.1, -0.05) is 0 Å². The summed E-state index contributed by atoms with van der Waals surface area (Å²) in [5.41, 5.74) is 0. The van der Waals surface area contributed by atoms with Crippen molar-refractivity contribution in [3.8, 4) is 0 Å². The van der Waals surface area contributed by atoms with Crippen LogP contribution in [0.4, 0.5) is 5.95 Å². The van der Waals surface area contributed by atoms with E-state index in [1.165, 1.54) is 4.90 Å². The molecular weight excluding hydrogens is 250 g/mol. The maximum Gasteiger partial charge on any atom is 0.241 e. The summed E-state index contributed by atoms with van der Waals surface area (Å²) < 4.78 is 0. The van der Waals surface area contributed by atoms with E-state index in [4.69, 9.17) is 34.8 Å². The maximum absolute atomic E-state index is 10.6. The Labute approximate surface area is 95.0 Å². The Morgan fingerprint density at radius 2 is 1.79 bits per heavy atom. The van der Waals surface area contributed by atoms with Gasteiger partial charge in [0.15, 0.2) is 0 Å². The molecule has 0 spiro atoms. The van der Waals surface area contributed by atoms with Crippen LogP contribution in [-0.4, -0.2) is 33.8 Å². The Morgan fingerprint density at radius 1 is 1.29 bits per heavy atom. The molecule has 0 aliphatic heterocycles. The van der Waals surface area contributed by atoms with E-state index in [9.17, 15) is 4.79 Å². The molecule has 0 fully saturated rings. The van der Waals surface area contributed by atoms with Crippen LogP contribution in [-0.2, 0) is 4.79 Å². The second-order valence-corrected chi connectivity index (χ2v) is 3.48. The van der Waals surface area contributed by atoms with Crippen LogP contribution < -0.4 is 4.90 Å². The summed E-state index contributed by atoms with van der Waals surface area (Å²) in [6.07, 6.45) is 0. The molecule has 14 heavy (non-hydrogen) atoms. The lowest BCUT2D eigenvalue weighted by molar-refractivity contribution is -0.110. The summed E-state index contributed by atoms with van der Waals surface area (Å²) in [6.45, 7) is -0.0295. The minimum atomic E-state index is -0.528. The predicted octanol–water partition coefficient (Wildman–Crippen LogP) is 1.38. The van der Waals surface area contributed by atoms with Gasteiger partial charge >= 0.3 is 0 Å². The predicted molar refractivity (Wildman–Crippen MR) is 54.0 cm³/mol. The molecule has 0 saturated heterocycles. The number of nitrogens with zero attached hydrogens (tertiary/aromatic N) is 4. The van der Waals surface area contributed by atoms with Crippen molar-refractivity contribution in [2.24, 2.45) is 0 Å². The monoisotopic (exact) mass is 254 g/mol. The summed E-state index contributed by atoms with van der Waals surface area (Å²) in [4.78, 5) is 23.1. The van der Waals surface area contributed by atoms with Crippen LogP contribution in [0.5, 0.6) is 0 Å². The normalized spacial score (nSPS) is 10.0. The van der Waals surface area contributed by atoms with Crippen molar-refractivity contribution in [3.05, 3.63) is 10.6 Å². The van der Waals surface area contributed by atoms with Gasteiger partial charge in [-0.05, 0) is 34.8 Å². The Morgan fingerprint density at radius 3 is 2.21 bits per heavy atom. The number of aromatic nitrogens is 3. The topological polar surface area (TPSA) is 59.0 Å². The van der Waals surface area contributed by atoms with E-state index in [1.807, 2.05) is 0 Å². The van der Waals surface area contributed by atoms with E-state index in [1.54, 1.807) is 7.05 Å². The fourth-order valence-electron chi connectivity index (χ4n) is 0.744. The fraction of sp³-hybridized carbons (Fsp3) is 0.333. The van der Waals surface area contributed by atoms with Gasteiger partial charge in [0, 0.05) is 7.05 Å². The SMILES string of the molecule is CN(CC(=O)Cl)c1nc(Cl)nc(Cl)n1. The smallest absolute Gasteiger partial charge is 0.241 e. The van der Waals surface area contributed by atoms with Crippen LogP contribution in [0.15, 0.2) is 0 Å². The highest BCUT2D eigenvalue weighted by molar-refractivity contribution is 6.64. The number of hydrogen-bond donors (Lipinski definition) is 0. The number of carbonyl (C=O) groups is 1. The molecule has 0 aliphatic carbocycles. The largest absolute Gasteiger partial charge is 0.335 e. The van der Waals surface area contributed by atoms with Crippen LogP contribution >= 0.6 is 34.8 Å². The molecule has 0 atom stereocenters. The number of halogens is 3. The van der Waals surface area contributed by atoms with E-state index in [-0.39, 0.29) is 23.1 Å². The molecular formula is C6H5Cl3N4O. The van der Waals surface area contributed by atoms with Crippen molar-refractivity contribution in [3.63, 3.8) is 0 Å². The van der Waals surface area contributed by atoms with Gasteiger partial charge in [-0.2, -0.15) is 15.0 Å². The van der Waals surface area contributed by atoms with E-state index >= 15 is 0 Å². The second kappa shape index (κ2) is 4.72. The number of hydrogen-bond acceptors (Lipinski definition) is 5. The Balaban J connectivity index is 2.89. The van der Waals surface area contributed by atoms with Crippen LogP contribution in [0, 0.1) is 0 Å². The van der Waals surface area contributed by atoms with Crippen molar-refractivity contribution >= 4 is 46.0 Å². The van der Waals surface area contributed by atoms with Crippen molar-refractivity contribution < 1.29 is 4.79 Å². The van der Waals surface area contributed by atoms with Gasteiger partial charge in [0.05, 0.1) is 6.54 Å². The second-order valence-electron chi connectivity index (χ2n) is 2.38. The van der Waals surface area contributed by atoms with Crippen molar-refractivity contribution in [1.82, 2.24) is 15.0 Å². The minimum absolute atomic E-state index is 0.0295. The average molecular weight is 255 g/mol. The zero-order chi connectivity index (χ0) is 10.7. The van der Waals surface area contributed by atoms with Crippen LogP contribution in [0.1, 0.15) is 0 Å². The summed E-state index contributed by atoms with van der Waals surface area (Å²) >= 11 is 16.3. The zero-order valence-corrected chi connectivity index (χ0v) is 9.31. The van der Waals surface area contributed by atoms with Gasteiger partial charge in [-0.15, -0.1) is 0 Å². The summed E-state index contributed by atoms with van der Waals surface area (Å²) in [6, 6.07) is 0. The highest BCUT2D eigenvalue weighted by atomic mass is 35.5. The molecule has 0 radical (unpaired) electrons. The van der Waals surface area contributed by atoms with Gasteiger partial charge in [-0.3, -0.25) is 4.79 Å². The molecule has 1 aromatic rings. The number of anilines is 1. The molecule has 0 amide bonds. The summed E-state index contributed by atoms with van der Waals surface area (Å²) in [7, 11) is 1.59. The van der Waals surface area contributed by atoms with Gasteiger partial charge in [0.2, 0.25) is 21.8 Å². The lowest BCUT2D eigenvalue weighted by Crippen LogP contribution is -2.25. The molecule has 0 bridgehead atoms. The molecule has 0 saturated carbocycles. The maximum atomic E-state index is 10.6. The Kier molecular flexibility index (Phi) is 3.86. The summed E-state index contributed by atoms with van der Waals surface area (Å²) in [5, 5.41) is -0.595. The first-order chi connectivity index (χ1) is 6.49. The zero-order valence-electron chi connectivity index (χ0n) is 7.04. The molecule has 76 valence electrons. The summed E-state index contributed by atoms with van der Waals surface area (Å²) in [5.74, 6) is 0.198. The molecule has 0 unspecified atom stereocenters. The average Bonchev–Trinajstić information content (AvgIpc) is 2.00. The van der Waals surface area contributed by atoms with Crippen molar-refractivity contribution in [2.75, 3.05) is 18.5 Å². The molecule has 0 aromatic carbocycles. The van der Waals surface area contributed by atoms with E-state index in [0.29, 0.717) is 0 Å². The van der Waals surface area contributed by atoms with E-state index in [2.05, 4.69) is 15.0 Å². The first-order valence-corrected chi connectivity index (χ1v) is 4.59. The molecule has 1 heterocycles. The third kappa shape index (κ3) is 3.25. The molecule has 1 rings (SSSR count). The van der Waals surface area contributed by atoms with Crippen LogP contribution in [0.2, 0.25) is 10.6 Å². The molecule has 0 N–H and O–H groups in total. The fourth-order valence-corrected chi connectivity index (χ4v) is 1.28. The highest BCUT2D eigenvalue weighted by Crippen LogP contribution is 2.12. The Hall–Kier alpha value is -0.650. The van der Waals surface area contributed by atoms with Gasteiger partial charge in [0.1, 0.15) is 0 Å². The number of likely N-dealkylation sites (N-methyl/N-ethyl adjacent to an activating group) is 1. The van der Waals surface area contributed by atoms with Gasteiger partial charge < -0.3 is 4.90 Å². The third-order valence-electron chi connectivity index (χ3n) is 1.27. The quantitative estimate of drug-likeness (QED) is 0.764. The molecule has 5 nitrogen and oxygen atoms in total. The van der Waals surface area contributed by atoms with Gasteiger partial charge in [0.25, 0.3) is 0 Å². The van der Waals surface area contributed by atoms with Gasteiger partial charge in [-0.25, -0.2) is 0 Å². The van der Waals surface area contributed by atoms with Crippen molar-refractivity contribution in [2.45, 2.75) is 0 Å². The first kappa shape index (κ1) is 11.4. The first-order valence-electron chi connectivity index (χ1n) is 3.45. The Bertz CT molecular complexity index is 339. The lowest BCUT2D eigenvalue weighted by Gasteiger charge is -2.13. The van der Waals surface area contributed by atoms with E-state index < -0.39 is 5.24 Å². The van der Waals surface area contributed by atoms with Crippen LogP contribution in [0.25, 0.3) is 0 Å². The third-order valence-corrected chi connectivity index (χ3v) is 1.73. The van der Waals surface area contributed by atoms with E-state index in [0.717, 1.165) is 0 Å². The number of rotatable bonds is 3. The standard InChI is InChI=1S/C6H5Cl3N4O/c1-13(2-3(7)14)6-11-4(8)10-5(9)12-6/h2H2,1H3. The lowest BCUT2D eigenvalue weighted by atomic mass is 10.6. The molecule has 0 aliphatic rings.